The lowest BCUT2D eigenvalue weighted by Gasteiger charge is -2.13. The highest BCUT2D eigenvalue weighted by molar-refractivity contribution is 5.99. The first-order chi connectivity index (χ1) is 15.3. The van der Waals surface area contributed by atoms with E-state index in [0.29, 0.717) is 39.1 Å². The summed E-state index contributed by atoms with van der Waals surface area (Å²) in [6, 6.07) is 15.1. The Balaban J connectivity index is 1.85. The molecule has 0 spiro atoms. The normalized spacial score (nSPS) is 11.3. The predicted molar refractivity (Wildman–Crippen MR) is 115 cm³/mol. The summed E-state index contributed by atoms with van der Waals surface area (Å²) in [5.74, 6) is -3.08. The first kappa shape index (κ1) is 19.6. The maximum absolute atomic E-state index is 14.1. The van der Waals surface area contributed by atoms with E-state index < -0.39 is 23.2 Å². The van der Waals surface area contributed by atoms with Crippen molar-refractivity contribution >= 4 is 16.9 Å². The molecule has 0 radical (unpaired) electrons. The fourth-order valence-corrected chi connectivity index (χ4v) is 3.85. The molecule has 0 fully saturated rings. The van der Waals surface area contributed by atoms with Gasteiger partial charge in [-0.3, -0.25) is 4.79 Å². The van der Waals surface area contributed by atoms with Gasteiger partial charge in [0.25, 0.3) is 5.56 Å². The number of rotatable bonds is 3. The first-order valence-corrected chi connectivity index (χ1v) is 9.68. The number of carboxylic acid groups (broad SMARTS) is 1. The van der Waals surface area contributed by atoms with Crippen LogP contribution in [0.2, 0.25) is 0 Å². The van der Waals surface area contributed by atoms with Crippen molar-refractivity contribution in [3.63, 3.8) is 0 Å². The van der Waals surface area contributed by atoms with E-state index in [4.69, 9.17) is 5.11 Å². The van der Waals surface area contributed by atoms with Crippen molar-refractivity contribution in [1.82, 2.24) is 14.8 Å². The van der Waals surface area contributed by atoms with Crippen LogP contribution in [0.4, 0.5) is 8.78 Å². The molecule has 3 aromatic rings. The second-order valence-corrected chi connectivity index (χ2v) is 7.42. The SMILES string of the molecule is Cc1cc(F)c(F)cc1-c1[nH]c2ccccc2c2nn(-c3ccc(C(=O)O)cc3)c(=O)c1-2. The molecule has 3 aromatic carbocycles. The largest absolute Gasteiger partial charge is 0.478 e. The number of para-hydroxylation sites is 1. The number of aromatic amines is 1. The van der Waals surface area contributed by atoms with Gasteiger partial charge in [-0.15, -0.1) is 0 Å². The third-order valence-corrected chi connectivity index (χ3v) is 5.43. The summed E-state index contributed by atoms with van der Waals surface area (Å²) in [6.45, 7) is 1.63. The Morgan fingerprint density at radius 3 is 2.44 bits per heavy atom. The van der Waals surface area contributed by atoms with Gasteiger partial charge in [0, 0.05) is 16.5 Å². The molecule has 2 N–H and O–H groups in total. The van der Waals surface area contributed by atoms with Gasteiger partial charge in [-0.05, 0) is 55.0 Å². The van der Waals surface area contributed by atoms with Crippen LogP contribution in [-0.4, -0.2) is 25.8 Å². The molecule has 2 aliphatic heterocycles. The Hall–Kier alpha value is -4.33. The smallest absolute Gasteiger partial charge is 0.335 e. The number of H-pyrrole nitrogens is 1. The zero-order valence-electron chi connectivity index (χ0n) is 16.7. The Morgan fingerprint density at radius 1 is 1.03 bits per heavy atom. The van der Waals surface area contributed by atoms with Gasteiger partial charge in [-0.25, -0.2) is 13.6 Å². The van der Waals surface area contributed by atoms with Crippen molar-refractivity contribution in [3.05, 3.63) is 93.8 Å². The zero-order valence-corrected chi connectivity index (χ0v) is 16.7. The Bertz CT molecular complexity index is 1550. The van der Waals surface area contributed by atoms with Crippen LogP contribution in [0.5, 0.6) is 0 Å². The van der Waals surface area contributed by atoms with Crippen molar-refractivity contribution in [3.8, 4) is 28.2 Å². The molecule has 5 rings (SSSR count). The number of hydrogen-bond acceptors (Lipinski definition) is 3. The van der Waals surface area contributed by atoms with E-state index in [1.54, 1.807) is 19.1 Å². The minimum Gasteiger partial charge on any atom is -0.478 e. The Labute approximate surface area is 179 Å². The van der Waals surface area contributed by atoms with Crippen LogP contribution in [-0.2, 0) is 0 Å². The van der Waals surface area contributed by atoms with Gasteiger partial charge in [0.1, 0.15) is 5.69 Å². The minimum atomic E-state index is -1.08. The lowest BCUT2D eigenvalue weighted by atomic mass is 9.97. The number of carbonyl (C=O) groups is 1. The van der Waals surface area contributed by atoms with Gasteiger partial charge >= 0.3 is 5.97 Å². The molecule has 0 saturated heterocycles. The number of hydrogen-bond donors (Lipinski definition) is 2. The number of aromatic nitrogens is 3. The lowest BCUT2D eigenvalue weighted by molar-refractivity contribution is 0.0697. The number of benzene rings is 3. The van der Waals surface area contributed by atoms with Gasteiger partial charge in [-0.2, -0.15) is 9.78 Å². The summed E-state index contributed by atoms with van der Waals surface area (Å²) < 4.78 is 29.0. The molecule has 0 amide bonds. The quantitative estimate of drug-likeness (QED) is 0.431. The predicted octanol–water partition coefficient (Wildman–Crippen LogP) is 4.77. The van der Waals surface area contributed by atoms with E-state index in [9.17, 15) is 18.4 Å². The number of fused-ring (bicyclic) bond motifs is 3. The van der Waals surface area contributed by atoms with Crippen LogP contribution in [0.1, 0.15) is 15.9 Å². The highest BCUT2D eigenvalue weighted by atomic mass is 19.2. The summed E-state index contributed by atoms with van der Waals surface area (Å²) in [6.07, 6.45) is 0. The molecule has 32 heavy (non-hydrogen) atoms. The van der Waals surface area contributed by atoms with Crippen molar-refractivity contribution in [2.45, 2.75) is 6.92 Å². The van der Waals surface area contributed by atoms with E-state index in [1.165, 1.54) is 28.9 Å². The molecule has 0 atom stereocenters. The van der Waals surface area contributed by atoms with Crippen LogP contribution in [0.15, 0.2) is 65.5 Å². The number of nitrogens with one attached hydrogen (secondary N) is 1. The van der Waals surface area contributed by atoms with Crippen LogP contribution >= 0.6 is 0 Å². The number of halogens is 2. The molecule has 0 aliphatic carbocycles. The molecular weight excluding hydrogens is 416 g/mol. The molecule has 158 valence electrons. The average molecular weight is 431 g/mol. The lowest BCUT2D eigenvalue weighted by Crippen LogP contribution is -2.15. The molecule has 6 nitrogen and oxygen atoms in total. The second kappa shape index (κ2) is 7.12. The second-order valence-electron chi connectivity index (χ2n) is 7.42. The molecule has 2 heterocycles. The van der Waals surface area contributed by atoms with Gasteiger partial charge in [0.05, 0.1) is 22.5 Å². The molecule has 0 unspecified atom stereocenters. The van der Waals surface area contributed by atoms with Gasteiger partial charge < -0.3 is 10.1 Å². The van der Waals surface area contributed by atoms with E-state index in [2.05, 4.69) is 10.1 Å². The summed E-state index contributed by atoms with van der Waals surface area (Å²) >= 11 is 0. The third kappa shape index (κ3) is 2.96. The van der Waals surface area contributed by atoms with Crippen molar-refractivity contribution in [2.75, 3.05) is 0 Å². The molecule has 8 heteroatoms. The molecule has 0 saturated carbocycles. The fourth-order valence-electron chi connectivity index (χ4n) is 3.85. The summed E-state index contributed by atoms with van der Waals surface area (Å²) in [5, 5.41) is 14.3. The van der Waals surface area contributed by atoms with Gasteiger partial charge in [-0.1, -0.05) is 18.2 Å². The molecule has 0 aromatic heterocycles. The van der Waals surface area contributed by atoms with Crippen LogP contribution < -0.4 is 5.56 Å². The topological polar surface area (TPSA) is 88.0 Å². The molecule has 0 bridgehead atoms. The fraction of sp³-hybridized carbons (Fsp3) is 0.0417. The number of aromatic carboxylic acids is 1. The van der Waals surface area contributed by atoms with Gasteiger partial charge in [0.2, 0.25) is 0 Å². The van der Waals surface area contributed by atoms with E-state index in [1.807, 2.05) is 12.1 Å². The monoisotopic (exact) mass is 431 g/mol. The molecular formula is C24H15F2N3O3. The number of aryl methyl sites for hydroxylation is 1. The standard InChI is InChI=1S/C24H15F2N3O3/c1-12-10-17(25)18(26)11-16(12)21-20-22(15-4-2-3-5-19(15)27-21)28-29(23(20)30)14-8-6-13(7-9-14)24(31)32/h2-11,27H,1H3,(H,31,32). The van der Waals surface area contributed by atoms with E-state index in [-0.39, 0.29) is 11.1 Å². The van der Waals surface area contributed by atoms with Crippen molar-refractivity contribution in [1.29, 1.82) is 0 Å². The van der Waals surface area contributed by atoms with E-state index in [0.717, 1.165) is 12.1 Å². The maximum Gasteiger partial charge on any atom is 0.335 e. The Kier molecular flexibility index (Phi) is 4.37. The minimum absolute atomic E-state index is 0.0785. The van der Waals surface area contributed by atoms with Crippen LogP contribution in [0.25, 0.3) is 39.1 Å². The number of nitrogens with zero attached hydrogens (tertiary/aromatic N) is 2. The number of carboxylic acids is 1. The third-order valence-electron chi connectivity index (χ3n) is 5.43. The highest BCUT2D eigenvalue weighted by Gasteiger charge is 2.25. The average Bonchev–Trinajstić information content (AvgIpc) is 3.13. The van der Waals surface area contributed by atoms with Crippen LogP contribution in [0.3, 0.4) is 0 Å². The van der Waals surface area contributed by atoms with Crippen molar-refractivity contribution < 1.29 is 18.7 Å². The van der Waals surface area contributed by atoms with Crippen molar-refractivity contribution in [2.24, 2.45) is 0 Å². The Morgan fingerprint density at radius 2 is 1.72 bits per heavy atom. The summed E-state index contributed by atoms with van der Waals surface area (Å²) in [7, 11) is 0. The maximum atomic E-state index is 14.1. The summed E-state index contributed by atoms with van der Waals surface area (Å²) in [5.41, 5.74) is 2.41. The summed E-state index contributed by atoms with van der Waals surface area (Å²) in [4.78, 5) is 27.8. The van der Waals surface area contributed by atoms with E-state index >= 15 is 0 Å². The zero-order chi connectivity index (χ0) is 22.6. The number of pyridine rings is 1. The van der Waals surface area contributed by atoms with Gasteiger partial charge in [0.15, 0.2) is 11.6 Å². The molecule has 2 aliphatic rings. The van der Waals surface area contributed by atoms with Crippen LogP contribution in [0, 0.1) is 18.6 Å². The highest BCUT2D eigenvalue weighted by Crippen LogP contribution is 2.36. The first-order valence-electron chi connectivity index (χ1n) is 9.68.